The molecule has 1 saturated carbocycles. The van der Waals surface area contributed by atoms with Crippen molar-refractivity contribution in [3.8, 4) is 0 Å². The standard InChI is InChI=1S/C12H20F3NO2/c1-2-10(7-17)16-11(18)8-3-5-9(6-4-8)12(13,14)15/h8-10,17H,2-7H2,1H3,(H,16,18)/t8?,9?,10-/m1/s1. The number of alkyl halides is 3. The van der Waals surface area contributed by atoms with Gasteiger partial charge in [-0.1, -0.05) is 6.92 Å². The number of carbonyl (C=O) groups is 1. The lowest BCUT2D eigenvalue weighted by atomic mass is 9.81. The summed E-state index contributed by atoms with van der Waals surface area (Å²) in [4.78, 5) is 11.8. The largest absolute Gasteiger partial charge is 0.394 e. The molecule has 18 heavy (non-hydrogen) atoms. The van der Waals surface area contributed by atoms with E-state index in [9.17, 15) is 18.0 Å². The molecule has 1 amide bonds. The van der Waals surface area contributed by atoms with Gasteiger partial charge in [0.15, 0.2) is 0 Å². The third-order valence-electron chi connectivity index (χ3n) is 3.62. The van der Waals surface area contributed by atoms with E-state index in [1.807, 2.05) is 6.92 Å². The maximum Gasteiger partial charge on any atom is 0.391 e. The number of aliphatic hydroxyl groups is 1. The summed E-state index contributed by atoms with van der Waals surface area (Å²) in [6, 6.07) is -0.294. The van der Waals surface area contributed by atoms with E-state index in [0.717, 1.165) is 0 Å². The zero-order valence-corrected chi connectivity index (χ0v) is 10.5. The number of hydrogen-bond acceptors (Lipinski definition) is 2. The predicted octanol–water partition coefficient (Wildman–Crippen LogP) is 2.24. The average Bonchev–Trinajstić information content (AvgIpc) is 2.34. The molecule has 1 fully saturated rings. The molecule has 2 N–H and O–H groups in total. The number of rotatable bonds is 4. The fraction of sp³-hybridized carbons (Fsp3) is 0.917. The van der Waals surface area contributed by atoms with Gasteiger partial charge < -0.3 is 10.4 Å². The van der Waals surface area contributed by atoms with Crippen LogP contribution >= 0.6 is 0 Å². The summed E-state index contributed by atoms with van der Waals surface area (Å²) in [5.74, 6) is -1.83. The summed E-state index contributed by atoms with van der Waals surface area (Å²) in [5.41, 5.74) is 0. The van der Waals surface area contributed by atoms with Crippen molar-refractivity contribution in [3.05, 3.63) is 0 Å². The molecule has 1 rings (SSSR count). The van der Waals surface area contributed by atoms with E-state index in [0.29, 0.717) is 6.42 Å². The number of carbonyl (C=O) groups excluding carboxylic acids is 1. The molecule has 1 aliphatic rings. The fourth-order valence-electron chi connectivity index (χ4n) is 2.28. The Morgan fingerprint density at radius 2 is 1.89 bits per heavy atom. The van der Waals surface area contributed by atoms with E-state index in [1.54, 1.807) is 0 Å². The molecule has 0 aromatic carbocycles. The Morgan fingerprint density at radius 3 is 2.28 bits per heavy atom. The number of aliphatic hydroxyl groups excluding tert-OH is 1. The summed E-state index contributed by atoms with van der Waals surface area (Å²) in [6.45, 7) is 1.70. The Bertz CT molecular complexity index is 269. The van der Waals surface area contributed by atoms with Gasteiger partial charge in [0.25, 0.3) is 0 Å². The van der Waals surface area contributed by atoms with E-state index in [1.165, 1.54) is 0 Å². The van der Waals surface area contributed by atoms with Crippen LogP contribution in [0.3, 0.4) is 0 Å². The van der Waals surface area contributed by atoms with Crippen LogP contribution in [0.5, 0.6) is 0 Å². The Balaban J connectivity index is 2.41. The van der Waals surface area contributed by atoms with Gasteiger partial charge in [-0.25, -0.2) is 0 Å². The highest BCUT2D eigenvalue weighted by Crippen LogP contribution is 2.39. The van der Waals surface area contributed by atoms with Crippen molar-refractivity contribution in [3.63, 3.8) is 0 Å². The topological polar surface area (TPSA) is 49.3 Å². The van der Waals surface area contributed by atoms with Crippen LogP contribution < -0.4 is 5.32 Å². The van der Waals surface area contributed by atoms with Crippen LogP contribution in [0.1, 0.15) is 39.0 Å². The highest BCUT2D eigenvalue weighted by atomic mass is 19.4. The average molecular weight is 267 g/mol. The zero-order chi connectivity index (χ0) is 13.8. The molecular weight excluding hydrogens is 247 g/mol. The van der Waals surface area contributed by atoms with Crippen LogP contribution in [-0.4, -0.2) is 29.8 Å². The highest BCUT2D eigenvalue weighted by Gasteiger charge is 2.42. The summed E-state index contributed by atoms with van der Waals surface area (Å²) < 4.78 is 37.4. The van der Waals surface area contributed by atoms with E-state index >= 15 is 0 Å². The summed E-state index contributed by atoms with van der Waals surface area (Å²) in [7, 11) is 0. The fourth-order valence-corrected chi connectivity index (χ4v) is 2.28. The molecule has 0 heterocycles. The van der Waals surface area contributed by atoms with Crippen molar-refractivity contribution in [2.75, 3.05) is 6.61 Å². The van der Waals surface area contributed by atoms with Crippen molar-refractivity contribution in [1.29, 1.82) is 0 Å². The monoisotopic (exact) mass is 267 g/mol. The first-order valence-electron chi connectivity index (χ1n) is 6.36. The first kappa shape index (κ1) is 15.3. The maximum absolute atomic E-state index is 12.5. The minimum absolute atomic E-state index is 0.0253. The number of nitrogens with one attached hydrogen (secondary N) is 1. The molecule has 0 spiro atoms. The lowest BCUT2D eigenvalue weighted by molar-refractivity contribution is -0.184. The first-order valence-corrected chi connectivity index (χ1v) is 6.36. The van der Waals surface area contributed by atoms with Gasteiger partial charge in [-0.2, -0.15) is 13.2 Å². The van der Waals surface area contributed by atoms with Gasteiger partial charge in [-0.15, -0.1) is 0 Å². The third kappa shape index (κ3) is 4.15. The molecule has 1 atom stereocenters. The van der Waals surface area contributed by atoms with E-state index in [-0.39, 0.29) is 50.2 Å². The third-order valence-corrected chi connectivity index (χ3v) is 3.62. The van der Waals surface area contributed by atoms with Gasteiger partial charge in [0.2, 0.25) is 5.91 Å². The molecule has 0 saturated heterocycles. The van der Waals surface area contributed by atoms with E-state index in [2.05, 4.69) is 5.32 Å². The molecule has 3 nitrogen and oxygen atoms in total. The van der Waals surface area contributed by atoms with E-state index in [4.69, 9.17) is 5.11 Å². The smallest absolute Gasteiger partial charge is 0.391 e. The molecule has 0 unspecified atom stereocenters. The lowest BCUT2D eigenvalue weighted by Crippen LogP contribution is -2.42. The molecule has 106 valence electrons. The second-order valence-corrected chi connectivity index (χ2v) is 4.89. The first-order chi connectivity index (χ1) is 8.38. The SMILES string of the molecule is CC[C@H](CO)NC(=O)C1CCC(C(F)(F)F)CC1. The van der Waals surface area contributed by atoms with Crippen molar-refractivity contribution >= 4 is 5.91 Å². The zero-order valence-electron chi connectivity index (χ0n) is 10.5. The van der Waals surface area contributed by atoms with Gasteiger partial charge >= 0.3 is 6.18 Å². The van der Waals surface area contributed by atoms with Crippen LogP contribution in [0.25, 0.3) is 0 Å². The Kier molecular flexibility index (Phi) is 5.44. The summed E-state index contributed by atoms with van der Waals surface area (Å²) in [6.07, 6.45) is -2.93. The predicted molar refractivity (Wildman–Crippen MR) is 60.8 cm³/mol. The summed E-state index contributed by atoms with van der Waals surface area (Å²) in [5, 5.41) is 11.6. The Labute approximate surface area is 105 Å². The van der Waals surface area contributed by atoms with Crippen molar-refractivity contribution < 1.29 is 23.1 Å². The lowest BCUT2D eigenvalue weighted by Gasteiger charge is -2.30. The van der Waals surface area contributed by atoms with Crippen LogP contribution in [0, 0.1) is 11.8 Å². The number of amides is 1. The van der Waals surface area contributed by atoms with Crippen molar-refractivity contribution in [2.45, 2.75) is 51.2 Å². The minimum Gasteiger partial charge on any atom is -0.394 e. The molecule has 0 aliphatic heterocycles. The molecule has 0 aromatic rings. The van der Waals surface area contributed by atoms with Gasteiger partial charge in [-0.3, -0.25) is 4.79 Å². The van der Waals surface area contributed by atoms with Crippen LogP contribution in [0.2, 0.25) is 0 Å². The van der Waals surface area contributed by atoms with E-state index < -0.39 is 12.1 Å². The van der Waals surface area contributed by atoms with Crippen molar-refractivity contribution in [1.82, 2.24) is 5.32 Å². The molecule has 6 heteroatoms. The van der Waals surface area contributed by atoms with Crippen molar-refractivity contribution in [2.24, 2.45) is 11.8 Å². The maximum atomic E-state index is 12.5. The van der Waals surface area contributed by atoms with Gasteiger partial charge in [0, 0.05) is 5.92 Å². The number of halogens is 3. The molecule has 0 bridgehead atoms. The van der Waals surface area contributed by atoms with Crippen LogP contribution in [0.4, 0.5) is 13.2 Å². The van der Waals surface area contributed by atoms with Gasteiger partial charge in [0.05, 0.1) is 18.6 Å². The second-order valence-electron chi connectivity index (χ2n) is 4.89. The van der Waals surface area contributed by atoms with Crippen LogP contribution in [0.15, 0.2) is 0 Å². The quantitative estimate of drug-likeness (QED) is 0.820. The molecule has 1 aliphatic carbocycles. The molecule has 0 aromatic heterocycles. The van der Waals surface area contributed by atoms with Gasteiger partial charge in [0.1, 0.15) is 0 Å². The Hall–Kier alpha value is -0.780. The molecule has 0 radical (unpaired) electrons. The van der Waals surface area contributed by atoms with Gasteiger partial charge in [-0.05, 0) is 32.1 Å². The Morgan fingerprint density at radius 1 is 1.33 bits per heavy atom. The summed E-state index contributed by atoms with van der Waals surface area (Å²) >= 11 is 0. The second kappa shape index (κ2) is 6.41. The highest BCUT2D eigenvalue weighted by molar-refractivity contribution is 5.79. The number of hydrogen-bond donors (Lipinski definition) is 2. The normalized spacial score (nSPS) is 26.7. The van der Waals surface area contributed by atoms with Crippen LogP contribution in [-0.2, 0) is 4.79 Å². The molecular formula is C12H20F3NO2. The minimum atomic E-state index is -4.14.